The van der Waals surface area contributed by atoms with E-state index in [2.05, 4.69) is 13.8 Å². The summed E-state index contributed by atoms with van der Waals surface area (Å²) in [4.78, 5) is 0. The molecule has 1 fully saturated rings. The van der Waals surface area contributed by atoms with Gasteiger partial charge in [0.1, 0.15) is 0 Å². The van der Waals surface area contributed by atoms with Crippen molar-refractivity contribution >= 4 is 0 Å². The highest BCUT2D eigenvalue weighted by molar-refractivity contribution is 4.86. The van der Waals surface area contributed by atoms with Crippen LogP contribution < -0.4 is 5.73 Å². The van der Waals surface area contributed by atoms with Gasteiger partial charge < -0.3 is 15.2 Å². The van der Waals surface area contributed by atoms with Crippen LogP contribution in [0.1, 0.15) is 26.7 Å². The topological polar surface area (TPSA) is 44.5 Å². The predicted molar refractivity (Wildman–Crippen MR) is 48.0 cm³/mol. The van der Waals surface area contributed by atoms with Crippen molar-refractivity contribution in [2.24, 2.45) is 5.73 Å². The molecule has 3 heteroatoms. The van der Waals surface area contributed by atoms with Crippen molar-refractivity contribution in [3.05, 3.63) is 0 Å². The fraction of sp³-hybridized carbons (Fsp3) is 1.00. The molecule has 1 aliphatic heterocycles. The maximum atomic E-state index is 5.72. The summed E-state index contributed by atoms with van der Waals surface area (Å²) in [5.74, 6) is 0. The van der Waals surface area contributed by atoms with Crippen LogP contribution in [0.2, 0.25) is 0 Å². The van der Waals surface area contributed by atoms with Crippen LogP contribution in [-0.4, -0.2) is 31.5 Å². The van der Waals surface area contributed by atoms with Crippen molar-refractivity contribution in [3.8, 4) is 0 Å². The first kappa shape index (κ1) is 9.96. The minimum atomic E-state index is -0.177. The summed E-state index contributed by atoms with van der Waals surface area (Å²) in [6, 6.07) is 0. The molecule has 0 aromatic carbocycles. The molecule has 2 unspecified atom stereocenters. The van der Waals surface area contributed by atoms with E-state index in [-0.39, 0.29) is 17.8 Å². The predicted octanol–water partition coefficient (Wildman–Crippen LogP) is 0.918. The quantitative estimate of drug-likeness (QED) is 0.690. The molecular formula is C9H19NO2. The third-order valence-electron chi connectivity index (χ3n) is 2.67. The Labute approximate surface area is 74.2 Å². The average molecular weight is 173 g/mol. The van der Waals surface area contributed by atoms with Gasteiger partial charge in [-0.2, -0.15) is 0 Å². The Kier molecular flexibility index (Phi) is 3.09. The molecule has 0 spiro atoms. The molecule has 0 radical (unpaired) electrons. The van der Waals surface area contributed by atoms with Gasteiger partial charge in [-0.25, -0.2) is 0 Å². The zero-order valence-electron chi connectivity index (χ0n) is 8.17. The van der Waals surface area contributed by atoms with Crippen LogP contribution in [0.5, 0.6) is 0 Å². The lowest BCUT2D eigenvalue weighted by molar-refractivity contribution is -0.102. The number of rotatable bonds is 3. The van der Waals surface area contributed by atoms with Gasteiger partial charge in [-0.05, 0) is 26.7 Å². The highest BCUT2D eigenvalue weighted by Crippen LogP contribution is 2.29. The zero-order valence-corrected chi connectivity index (χ0v) is 8.17. The fourth-order valence-corrected chi connectivity index (χ4v) is 1.52. The van der Waals surface area contributed by atoms with Gasteiger partial charge in [-0.15, -0.1) is 0 Å². The van der Waals surface area contributed by atoms with E-state index >= 15 is 0 Å². The smallest absolute Gasteiger partial charge is 0.0883 e. The van der Waals surface area contributed by atoms with Crippen LogP contribution >= 0.6 is 0 Å². The molecule has 1 saturated heterocycles. The van der Waals surface area contributed by atoms with Crippen LogP contribution in [0.15, 0.2) is 0 Å². The second-order valence-electron chi connectivity index (χ2n) is 3.87. The van der Waals surface area contributed by atoms with Crippen molar-refractivity contribution in [2.75, 3.05) is 13.7 Å². The summed E-state index contributed by atoms with van der Waals surface area (Å²) in [6.07, 6.45) is 2.57. The first-order valence-corrected chi connectivity index (χ1v) is 4.51. The maximum Gasteiger partial charge on any atom is 0.0883 e. The third-order valence-corrected chi connectivity index (χ3v) is 2.67. The molecule has 0 amide bonds. The largest absolute Gasteiger partial charge is 0.376 e. The second kappa shape index (κ2) is 3.73. The SMILES string of the molecule is COC(C)(C)C1CCC(CN)O1. The first-order valence-electron chi connectivity index (χ1n) is 4.51. The molecule has 3 nitrogen and oxygen atoms in total. The summed E-state index contributed by atoms with van der Waals surface area (Å²) in [5.41, 5.74) is 5.34. The van der Waals surface area contributed by atoms with Gasteiger partial charge in [-0.1, -0.05) is 0 Å². The molecule has 72 valence electrons. The van der Waals surface area contributed by atoms with E-state index in [4.69, 9.17) is 15.2 Å². The lowest BCUT2D eigenvalue weighted by Gasteiger charge is -2.29. The van der Waals surface area contributed by atoms with E-state index < -0.39 is 0 Å². The van der Waals surface area contributed by atoms with Crippen LogP contribution in [0, 0.1) is 0 Å². The standard InChI is InChI=1S/C9H19NO2/c1-9(2,11-3)8-5-4-7(6-10)12-8/h7-8H,4-6,10H2,1-3H3. The Balaban J connectivity index is 2.46. The highest BCUT2D eigenvalue weighted by atomic mass is 16.6. The Bertz CT molecular complexity index is 147. The van der Waals surface area contributed by atoms with Crippen LogP contribution in [0.4, 0.5) is 0 Å². The highest BCUT2D eigenvalue weighted by Gasteiger charge is 2.36. The van der Waals surface area contributed by atoms with Crippen LogP contribution in [0.3, 0.4) is 0 Å². The average Bonchev–Trinajstić information content (AvgIpc) is 2.52. The summed E-state index contributed by atoms with van der Waals surface area (Å²) in [7, 11) is 1.72. The second-order valence-corrected chi connectivity index (χ2v) is 3.87. The van der Waals surface area contributed by atoms with E-state index in [0.29, 0.717) is 6.54 Å². The summed E-state index contributed by atoms with van der Waals surface area (Å²) < 4.78 is 11.1. The Morgan fingerprint density at radius 3 is 2.58 bits per heavy atom. The van der Waals surface area contributed by atoms with Crippen molar-refractivity contribution in [3.63, 3.8) is 0 Å². The lowest BCUT2D eigenvalue weighted by Crippen LogP contribution is -2.38. The number of hydrogen-bond acceptors (Lipinski definition) is 3. The monoisotopic (exact) mass is 173 g/mol. The molecular weight excluding hydrogens is 154 g/mol. The third kappa shape index (κ3) is 1.97. The Morgan fingerprint density at radius 2 is 2.17 bits per heavy atom. The minimum absolute atomic E-state index is 0.177. The first-order chi connectivity index (χ1) is 5.60. The molecule has 12 heavy (non-hydrogen) atoms. The molecule has 0 aromatic heterocycles. The summed E-state index contributed by atoms with van der Waals surface area (Å²) in [5, 5.41) is 0. The van der Waals surface area contributed by atoms with E-state index in [0.717, 1.165) is 12.8 Å². The number of ether oxygens (including phenoxy) is 2. The van der Waals surface area contributed by atoms with Crippen LogP contribution in [-0.2, 0) is 9.47 Å². The van der Waals surface area contributed by atoms with Crippen molar-refractivity contribution in [2.45, 2.75) is 44.5 Å². The minimum Gasteiger partial charge on any atom is -0.376 e. The molecule has 1 rings (SSSR count). The lowest BCUT2D eigenvalue weighted by atomic mass is 9.99. The number of methoxy groups -OCH3 is 1. The zero-order chi connectivity index (χ0) is 9.19. The van der Waals surface area contributed by atoms with Gasteiger partial charge in [0, 0.05) is 13.7 Å². The molecule has 2 N–H and O–H groups in total. The van der Waals surface area contributed by atoms with Crippen LogP contribution in [0.25, 0.3) is 0 Å². The molecule has 2 atom stereocenters. The van der Waals surface area contributed by atoms with Crippen molar-refractivity contribution < 1.29 is 9.47 Å². The summed E-state index contributed by atoms with van der Waals surface area (Å²) >= 11 is 0. The van der Waals surface area contributed by atoms with Gasteiger partial charge in [0.25, 0.3) is 0 Å². The molecule has 0 aromatic rings. The molecule has 1 aliphatic rings. The normalized spacial score (nSPS) is 31.0. The van der Waals surface area contributed by atoms with E-state index in [1.54, 1.807) is 7.11 Å². The summed E-state index contributed by atoms with van der Waals surface area (Å²) in [6.45, 7) is 4.73. The molecule has 0 saturated carbocycles. The fourth-order valence-electron chi connectivity index (χ4n) is 1.52. The maximum absolute atomic E-state index is 5.72. The number of hydrogen-bond donors (Lipinski definition) is 1. The van der Waals surface area contributed by atoms with E-state index in [1.807, 2.05) is 0 Å². The Morgan fingerprint density at radius 1 is 1.50 bits per heavy atom. The Hall–Kier alpha value is -0.120. The number of nitrogens with two attached hydrogens (primary N) is 1. The molecule has 1 heterocycles. The van der Waals surface area contributed by atoms with Crippen molar-refractivity contribution in [1.29, 1.82) is 0 Å². The molecule has 0 bridgehead atoms. The van der Waals surface area contributed by atoms with E-state index in [9.17, 15) is 0 Å². The van der Waals surface area contributed by atoms with Gasteiger partial charge in [0.15, 0.2) is 0 Å². The van der Waals surface area contributed by atoms with Gasteiger partial charge in [-0.3, -0.25) is 0 Å². The van der Waals surface area contributed by atoms with E-state index in [1.165, 1.54) is 0 Å². The van der Waals surface area contributed by atoms with Gasteiger partial charge in [0.2, 0.25) is 0 Å². The van der Waals surface area contributed by atoms with Gasteiger partial charge >= 0.3 is 0 Å². The molecule has 0 aliphatic carbocycles. The van der Waals surface area contributed by atoms with Crippen molar-refractivity contribution in [1.82, 2.24) is 0 Å². The van der Waals surface area contributed by atoms with Gasteiger partial charge in [0.05, 0.1) is 17.8 Å².